The van der Waals surface area contributed by atoms with Gasteiger partial charge in [-0.25, -0.2) is 0 Å². The molecule has 3 rings (SSSR count). The molecule has 28 heavy (non-hydrogen) atoms. The maximum Gasteiger partial charge on any atom is 0.253 e. The second kappa shape index (κ2) is 9.22. The van der Waals surface area contributed by atoms with Crippen LogP contribution >= 0.6 is 0 Å². The van der Waals surface area contributed by atoms with Gasteiger partial charge in [-0.3, -0.25) is 9.79 Å². The van der Waals surface area contributed by atoms with Gasteiger partial charge in [-0.1, -0.05) is 48.5 Å². The average molecular weight is 377 g/mol. The zero-order chi connectivity index (χ0) is 19.9. The van der Waals surface area contributed by atoms with Crippen molar-refractivity contribution in [3.05, 3.63) is 77.4 Å². The molecule has 5 heteroatoms. The van der Waals surface area contributed by atoms with Crippen LogP contribution in [0.3, 0.4) is 0 Å². The molecule has 1 amide bonds. The van der Waals surface area contributed by atoms with Crippen LogP contribution in [0.25, 0.3) is 5.57 Å². The minimum atomic E-state index is 0.0182. The molecular weight excluding hydrogens is 348 g/mol. The Hall–Kier alpha value is -3.08. The number of nitrogens with zero attached hydrogens (tertiary/aromatic N) is 3. The van der Waals surface area contributed by atoms with Crippen molar-refractivity contribution in [3.63, 3.8) is 0 Å². The van der Waals surface area contributed by atoms with Crippen molar-refractivity contribution in [2.75, 3.05) is 34.2 Å². The molecule has 0 aromatic heterocycles. The van der Waals surface area contributed by atoms with Gasteiger partial charge < -0.3 is 15.1 Å². The lowest BCUT2D eigenvalue weighted by Gasteiger charge is -2.29. The first-order valence-corrected chi connectivity index (χ1v) is 9.59. The summed E-state index contributed by atoms with van der Waals surface area (Å²) < 4.78 is 0. The molecule has 1 N–H and O–H groups in total. The van der Waals surface area contributed by atoms with Gasteiger partial charge in [0.25, 0.3) is 5.91 Å². The van der Waals surface area contributed by atoms with E-state index in [1.54, 1.807) is 19.0 Å². The van der Waals surface area contributed by atoms with Crippen LogP contribution in [0.5, 0.6) is 0 Å². The van der Waals surface area contributed by atoms with Crippen molar-refractivity contribution in [3.8, 4) is 0 Å². The monoisotopic (exact) mass is 376 g/mol. The number of aliphatic imine (C=N–C) groups is 1. The summed E-state index contributed by atoms with van der Waals surface area (Å²) in [6.07, 6.45) is 3.29. The molecule has 5 nitrogen and oxygen atoms in total. The Morgan fingerprint density at radius 1 is 1.11 bits per heavy atom. The van der Waals surface area contributed by atoms with Gasteiger partial charge in [0, 0.05) is 46.3 Å². The third-order valence-corrected chi connectivity index (χ3v) is 4.92. The van der Waals surface area contributed by atoms with E-state index in [9.17, 15) is 4.79 Å². The molecule has 1 heterocycles. The topological polar surface area (TPSA) is 47.9 Å². The van der Waals surface area contributed by atoms with E-state index in [0.29, 0.717) is 12.1 Å². The second-order valence-corrected chi connectivity index (χ2v) is 7.09. The number of rotatable bonds is 4. The smallest absolute Gasteiger partial charge is 0.253 e. The lowest BCUT2D eigenvalue weighted by atomic mass is 10.00. The Labute approximate surface area is 167 Å². The molecule has 1 aliphatic heterocycles. The number of amides is 1. The number of guanidine groups is 1. The van der Waals surface area contributed by atoms with E-state index < -0.39 is 0 Å². The zero-order valence-corrected chi connectivity index (χ0v) is 16.9. The second-order valence-electron chi connectivity index (χ2n) is 7.09. The Kier molecular flexibility index (Phi) is 6.48. The van der Waals surface area contributed by atoms with Gasteiger partial charge >= 0.3 is 0 Å². The van der Waals surface area contributed by atoms with E-state index in [1.165, 1.54) is 11.1 Å². The van der Waals surface area contributed by atoms with Crippen LogP contribution in [0.15, 0.2) is 65.7 Å². The number of hydrogen-bond acceptors (Lipinski definition) is 2. The van der Waals surface area contributed by atoms with Gasteiger partial charge in [-0.05, 0) is 35.3 Å². The standard InChI is InChI=1S/C23H28N4O/c1-24-23(25-17-18-9-11-21(12-10-18)22(28)26(2)3)27-15-13-20(14-16-27)19-7-5-4-6-8-19/h4-13H,14-17H2,1-3H3,(H,24,25). The number of carbonyl (C=O) groups excluding carboxylic acids is 1. The Balaban J connectivity index is 1.57. The lowest BCUT2D eigenvalue weighted by molar-refractivity contribution is 0.0827. The van der Waals surface area contributed by atoms with Gasteiger partial charge in [0.15, 0.2) is 5.96 Å². The molecule has 0 atom stereocenters. The lowest BCUT2D eigenvalue weighted by Crippen LogP contribution is -2.43. The summed E-state index contributed by atoms with van der Waals surface area (Å²) in [5.74, 6) is 0.918. The molecule has 0 saturated heterocycles. The van der Waals surface area contributed by atoms with Gasteiger partial charge in [0.2, 0.25) is 0 Å². The quantitative estimate of drug-likeness (QED) is 0.658. The Bertz CT molecular complexity index is 854. The summed E-state index contributed by atoms with van der Waals surface area (Å²) in [7, 11) is 5.34. The number of carbonyl (C=O) groups is 1. The molecule has 2 aromatic carbocycles. The highest BCUT2D eigenvalue weighted by Gasteiger charge is 2.16. The van der Waals surface area contributed by atoms with Crippen LogP contribution in [0.1, 0.15) is 27.9 Å². The Morgan fingerprint density at radius 2 is 1.82 bits per heavy atom. The van der Waals surface area contributed by atoms with E-state index in [0.717, 1.165) is 31.0 Å². The largest absolute Gasteiger partial charge is 0.352 e. The van der Waals surface area contributed by atoms with Crippen LogP contribution in [0.2, 0.25) is 0 Å². The number of benzene rings is 2. The van der Waals surface area contributed by atoms with E-state index >= 15 is 0 Å². The maximum absolute atomic E-state index is 12.0. The summed E-state index contributed by atoms with van der Waals surface area (Å²) >= 11 is 0. The summed E-state index contributed by atoms with van der Waals surface area (Å²) in [5.41, 5.74) is 4.52. The molecular formula is C23H28N4O. The van der Waals surface area contributed by atoms with E-state index in [1.807, 2.05) is 37.4 Å². The maximum atomic E-state index is 12.0. The summed E-state index contributed by atoms with van der Waals surface area (Å²) in [6.45, 7) is 2.46. The molecule has 0 bridgehead atoms. The highest BCUT2D eigenvalue weighted by Crippen LogP contribution is 2.22. The minimum Gasteiger partial charge on any atom is -0.352 e. The van der Waals surface area contributed by atoms with Crippen molar-refractivity contribution >= 4 is 17.4 Å². The summed E-state index contributed by atoms with van der Waals surface area (Å²) in [6, 6.07) is 18.3. The summed E-state index contributed by atoms with van der Waals surface area (Å²) in [4.78, 5) is 20.3. The van der Waals surface area contributed by atoms with Crippen molar-refractivity contribution in [2.45, 2.75) is 13.0 Å². The van der Waals surface area contributed by atoms with Crippen LogP contribution in [-0.4, -0.2) is 55.9 Å². The first-order chi connectivity index (χ1) is 13.6. The predicted molar refractivity (Wildman–Crippen MR) is 115 cm³/mol. The fraction of sp³-hybridized carbons (Fsp3) is 0.304. The van der Waals surface area contributed by atoms with Gasteiger partial charge in [-0.15, -0.1) is 0 Å². The molecule has 0 fully saturated rings. The molecule has 146 valence electrons. The van der Waals surface area contributed by atoms with Crippen LogP contribution in [-0.2, 0) is 6.54 Å². The molecule has 0 spiro atoms. The highest BCUT2D eigenvalue weighted by atomic mass is 16.2. The average Bonchev–Trinajstić information content (AvgIpc) is 2.75. The Morgan fingerprint density at radius 3 is 2.39 bits per heavy atom. The summed E-state index contributed by atoms with van der Waals surface area (Å²) in [5, 5.41) is 3.43. The van der Waals surface area contributed by atoms with Crippen LogP contribution < -0.4 is 5.32 Å². The normalized spacial score (nSPS) is 14.5. The molecule has 2 aromatic rings. The van der Waals surface area contributed by atoms with Crippen molar-refractivity contribution in [1.82, 2.24) is 15.1 Å². The fourth-order valence-electron chi connectivity index (χ4n) is 3.31. The van der Waals surface area contributed by atoms with E-state index in [4.69, 9.17) is 0 Å². The first kappa shape index (κ1) is 19.7. The van der Waals surface area contributed by atoms with Crippen LogP contribution in [0, 0.1) is 0 Å². The van der Waals surface area contributed by atoms with E-state index in [-0.39, 0.29) is 5.91 Å². The molecule has 1 aliphatic rings. The predicted octanol–water partition coefficient (Wildman–Crippen LogP) is 3.25. The van der Waals surface area contributed by atoms with Gasteiger partial charge in [0.05, 0.1) is 0 Å². The number of hydrogen-bond donors (Lipinski definition) is 1. The van der Waals surface area contributed by atoms with Crippen molar-refractivity contribution in [2.24, 2.45) is 4.99 Å². The third kappa shape index (κ3) is 4.80. The molecule has 0 unspecified atom stereocenters. The van der Waals surface area contributed by atoms with Crippen LogP contribution in [0.4, 0.5) is 0 Å². The minimum absolute atomic E-state index is 0.0182. The zero-order valence-electron chi connectivity index (χ0n) is 16.9. The highest BCUT2D eigenvalue weighted by molar-refractivity contribution is 5.93. The molecule has 0 aliphatic carbocycles. The van der Waals surface area contributed by atoms with Gasteiger partial charge in [0.1, 0.15) is 0 Å². The van der Waals surface area contributed by atoms with Gasteiger partial charge in [-0.2, -0.15) is 0 Å². The first-order valence-electron chi connectivity index (χ1n) is 9.59. The molecule has 0 radical (unpaired) electrons. The molecule has 0 saturated carbocycles. The van der Waals surface area contributed by atoms with Crippen molar-refractivity contribution < 1.29 is 4.79 Å². The SMILES string of the molecule is CN=C(NCc1ccc(C(=O)N(C)C)cc1)N1CC=C(c2ccccc2)CC1. The number of nitrogens with one attached hydrogen (secondary N) is 1. The van der Waals surface area contributed by atoms with Crippen molar-refractivity contribution in [1.29, 1.82) is 0 Å². The fourth-order valence-corrected chi connectivity index (χ4v) is 3.31. The third-order valence-electron chi connectivity index (χ3n) is 4.92. The van der Waals surface area contributed by atoms with E-state index in [2.05, 4.69) is 45.6 Å².